The van der Waals surface area contributed by atoms with Crippen molar-refractivity contribution >= 4 is 37.4 Å². The van der Waals surface area contributed by atoms with Crippen LogP contribution in [0.1, 0.15) is 31.4 Å². The smallest absolute Gasteiger partial charge is 0.150 e. The van der Waals surface area contributed by atoms with Crippen LogP contribution in [0.3, 0.4) is 0 Å². The highest BCUT2D eigenvalue weighted by Gasteiger charge is 2.13. The van der Waals surface area contributed by atoms with Crippen LogP contribution in [-0.4, -0.2) is 19.9 Å². The minimum atomic E-state index is -2.91. The molecule has 0 amide bonds. The van der Waals surface area contributed by atoms with E-state index in [2.05, 4.69) is 15.9 Å². The average molecular weight is 355 g/mol. The summed E-state index contributed by atoms with van der Waals surface area (Å²) in [7, 11) is -2.91. The van der Waals surface area contributed by atoms with E-state index in [0.717, 1.165) is 10.0 Å². The third kappa shape index (κ3) is 4.88. The van der Waals surface area contributed by atoms with Gasteiger partial charge in [-0.2, -0.15) is 0 Å². The zero-order valence-corrected chi connectivity index (χ0v) is 13.4. The Hall–Kier alpha value is -0.100. The summed E-state index contributed by atoms with van der Waals surface area (Å²) >= 11 is 9.42. The standard InChI is InChI=1S/C12H17BrClNO2S/c1-2-18(16,17)7-3-4-12(15)10-6-5-9(13)8-11(10)14/h5-6,8,12H,2-4,7,15H2,1H3. The lowest BCUT2D eigenvalue weighted by atomic mass is 10.0. The van der Waals surface area contributed by atoms with Crippen molar-refractivity contribution in [1.82, 2.24) is 0 Å². The number of nitrogens with two attached hydrogens (primary N) is 1. The fraction of sp³-hybridized carbons (Fsp3) is 0.500. The van der Waals surface area contributed by atoms with Gasteiger partial charge in [-0.05, 0) is 30.5 Å². The maximum absolute atomic E-state index is 11.4. The molecule has 0 aliphatic heterocycles. The van der Waals surface area contributed by atoms with Crippen LogP contribution in [0, 0.1) is 0 Å². The summed E-state index contributed by atoms with van der Waals surface area (Å²) in [5.74, 6) is 0.368. The van der Waals surface area contributed by atoms with Crippen molar-refractivity contribution in [3.05, 3.63) is 33.3 Å². The molecule has 0 radical (unpaired) electrons. The largest absolute Gasteiger partial charge is 0.324 e. The zero-order chi connectivity index (χ0) is 13.8. The number of hydrogen-bond donors (Lipinski definition) is 1. The van der Waals surface area contributed by atoms with Crippen LogP contribution in [-0.2, 0) is 9.84 Å². The summed E-state index contributed by atoms with van der Waals surface area (Å²) in [4.78, 5) is 0. The summed E-state index contributed by atoms with van der Waals surface area (Å²) < 4.78 is 23.6. The van der Waals surface area contributed by atoms with Crippen LogP contribution < -0.4 is 5.73 Å². The molecule has 1 atom stereocenters. The van der Waals surface area contributed by atoms with Gasteiger partial charge in [0.25, 0.3) is 0 Å². The van der Waals surface area contributed by atoms with Crippen LogP contribution in [0.5, 0.6) is 0 Å². The first kappa shape index (κ1) is 16.0. The van der Waals surface area contributed by atoms with Crippen LogP contribution in [0.25, 0.3) is 0 Å². The Balaban J connectivity index is 2.58. The monoisotopic (exact) mass is 353 g/mol. The molecule has 0 fully saturated rings. The predicted octanol–water partition coefficient (Wildman–Crippen LogP) is 3.32. The molecule has 0 aliphatic carbocycles. The minimum absolute atomic E-state index is 0.182. The normalized spacial score (nSPS) is 13.6. The molecule has 0 aromatic heterocycles. The second kappa shape index (κ2) is 6.89. The molecule has 0 heterocycles. The molecule has 0 aliphatic rings. The first-order chi connectivity index (χ1) is 8.35. The maximum atomic E-state index is 11.4. The fourth-order valence-electron chi connectivity index (χ4n) is 1.63. The van der Waals surface area contributed by atoms with Crippen molar-refractivity contribution in [2.24, 2.45) is 5.73 Å². The van der Waals surface area contributed by atoms with Crippen LogP contribution in [0.4, 0.5) is 0 Å². The molecule has 1 unspecified atom stereocenters. The fourth-order valence-corrected chi connectivity index (χ4v) is 3.33. The van der Waals surface area contributed by atoms with Gasteiger partial charge in [0.15, 0.2) is 0 Å². The van der Waals surface area contributed by atoms with E-state index in [1.54, 1.807) is 13.0 Å². The second-order valence-corrected chi connectivity index (χ2v) is 7.95. The van der Waals surface area contributed by atoms with Crippen molar-refractivity contribution in [3.63, 3.8) is 0 Å². The lowest BCUT2D eigenvalue weighted by molar-refractivity contribution is 0.584. The van der Waals surface area contributed by atoms with Crippen molar-refractivity contribution in [2.75, 3.05) is 11.5 Å². The highest BCUT2D eigenvalue weighted by molar-refractivity contribution is 9.10. The Kier molecular flexibility index (Phi) is 6.11. The molecular formula is C12H17BrClNO2S. The molecule has 0 saturated heterocycles. The number of benzene rings is 1. The van der Waals surface area contributed by atoms with Crippen molar-refractivity contribution in [1.29, 1.82) is 0 Å². The summed E-state index contributed by atoms with van der Waals surface area (Å²) in [6.07, 6.45) is 1.17. The first-order valence-electron chi connectivity index (χ1n) is 5.76. The van der Waals surface area contributed by atoms with Gasteiger partial charge < -0.3 is 5.73 Å². The summed E-state index contributed by atoms with van der Waals surface area (Å²) in [6.45, 7) is 1.65. The number of halogens is 2. The lowest BCUT2D eigenvalue weighted by Gasteiger charge is -2.13. The third-order valence-corrected chi connectivity index (χ3v) is 5.38. The van der Waals surface area contributed by atoms with Crippen molar-refractivity contribution in [3.8, 4) is 0 Å². The Labute approximate surface area is 122 Å². The van der Waals surface area contributed by atoms with E-state index < -0.39 is 9.84 Å². The molecule has 1 aromatic rings. The molecule has 0 spiro atoms. The van der Waals surface area contributed by atoms with Crippen molar-refractivity contribution < 1.29 is 8.42 Å². The van der Waals surface area contributed by atoms with E-state index >= 15 is 0 Å². The van der Waals surface area contributed by atoms with Gasteiger partial charge in [0, 0.05) is 21.3 Å². The van der Waals surface area contributed by atoms with Gasteiger partial charge in [-0.1, -0.05) is 40.5 Å². The minimum Gasteiger partial charge on any atom is -0.324 e. The molecular weight excluding hydrogens is 338 g/mol. The molecule has 2 N–H and O–H groups in total. The van der Waals surface area contributed by atoms with E-state index in [-0.39, 0.29) is 17.5 Å². The van der Waals surface area contributed by atoms with Crippen LogP contribution in [0.2, 0.25) is 5.02 Å². The molecule has 0 saturated carbocycles. The van der Waals surface area contributed by atoms with Gasteiger partial charge in [0.05, 0.1) is 5.75 Å². The lowest BCUT2D eigenvalue weighted by Crippen LogP contribution is -2.14. The third-order valence-electron chi connectivity index (χ3n) is 2.77. The van der Waals surface area contributed by atoms with Gasteiger partial charge in [0.1, 0.15) is 9.84 Å². The summed E-state index contributed by atoms with van der Waals surface area (Å²) in [6, 6.07) is 5.31. The van der Waals surface area contributed by atoms with Gasteiger partial charge in [-0.25, -0.2) is 8.42 Å². The van der Waals surface area contributed by atoms with E-state index in [1.165, 1.54) is 0 Å². The van der Waals surface area contributed by atoms with E-state index in [4.69, 9.17) is 17.3 Å². The Bertz CT molecular complexity index is 505. The first-order valence-corrected chi connectivity index (χ1v) is 8.76. The van der Waals surface area contributed by atoms with Gasteiger partial charge in [-0.3, -0.25) is 0 Å². The molecule has 102 valence electrons. The Morgan fingerprint density at radius 3 is 2.67 bits per heavy atom. The van der Waals surface area contributed by atoms with Gasteiger partial charge in [0.2, 0.25) is 0 Å². The van der Waals surface area contributed by atoms with E-state index in [9.17, 15) is 8.42 Å². The molecule has 18 heavy (non-hydrogen) atoms. The molecule has 1 rings (SSSR count). The molecule has 3 nitrogen and oxygen atoms in total. The number of hydrogen-bond acceptors (Lipinski definition) is 3. The maximum Gasteiger partial charge on any atom is 0.150 e. The predicted molar refractivity (Wildman–Crippen MR) is 79.6 cm³/mol. The molecule has 1 aromatic carbocycles. The topological polar surface area (TPSA) is 60.2 Å². The molecule has 0 bridgehead atoms. The second-order valence-electron chi connectivity index (χ2n) is 4.15. The van der Waals surface area contributed by atoms with Crippen LogP contribution in [0.15, 0.2) is 22.7 Å². The van der Waals surface area contributed by atoms with Gasteiger partial charge >= 0.3 is 0 Å². The highest BCUT2D eigenvalue weighted by Crippen LogP contribution is 2.27. The van der Waals surface area contributed by atoms with Crippen LogP contribution >= 0.6 is 27.5 Å². The zero-order valence-electron chi connectivity index (χ0n) is 10.2. The summed E-state index contributed by atoms with van der Waals surface area (Å²) in [5.41, 5.74) is 6.88. The Morgan fingerprint density at radius 1 is 1.44 bits per heavy atom. The average Bonchev–Trinajstić information content (AvgIpc) is 2.28. The quantitative estimate of drug-likeness (QED) is 0.852. The van der Waals surface area contributed by atoms with E-state index in [0.29, 0.717) is 17.9 Å². The van der Waals surface area contributed by atoms with Gasteiger partial charge in [-0.15, -0.1) is 0 Å². The van der Waals surface area contributed by atoms with E-state index in [1.807, 2.05) is 12.1 Å². The SMILES string of the molecule is CCS(=O)(=O)CCCC(N)c1ccc(Br)cc1Cl. The highest BCUT2D eigenvalue weighted by atomic mass is 79.9. The number of sulfone groups is 1. The summed E-state index contributed by atoms with van der Waals surface area (Å²) in [5, 5.41) is 0.607. The molecule has 6 heteroatoms. The van der Waals surface area contributed by atoms with Crippen molar-refractivity contribution in [2.45, 2.75) is 25.8 Å². The number of rotatable bonds is 6. The Morgan fingerprint density at radius 2 is 2.11 bits per heavy atom.